The van der Waals surface area contributed by atoms with E-state index in [0.717, 1.165) is 5.56 Å². The van der Waals surface area contributed by atoms with Crippen LogP contribution < -0.4 is 5.43 Å². The standard InChI is InChI=1S/C38H59N3O9/c1-12-29-38(8)32(41(36(45)50-38)39-21-27-16-14-13-15-17-27)26(6)30(42)24(4)20-37(7,46-11)33(22(2)18-23(3)34(44)48-29)49-35-31(43)28(40(9)10)19-25(5)47-35/h13-18,22,24-26,28-29,31-33,35,39,43H,12,19-21H2,1-11H3/b23-18+/t22-,24+,25+,26-,28-,29+,31+,32+,33+,35-,37+,38+/m0/s1. The first-order valence-electron chi connectivity index (χ1n) is 17.9. The third kappa shape index (κ3) is 8.26. The summed E-state index contributed by atoms with van der Waals surface area (Å²) in [6.45, 7) is 15.0. The number of Topliss-reactive ketones (excluding diaryl/α,β-unsaturated/α-hetero) is 1. The van der Waals surface area contributed by atoms with Crippen molar-refractivity contribution in [1.82, 2.24) is 15.3 Å². The Morgan fingerprint density at radius 2 is 1.74 bits per heavy atom. The van der Waals surface area contributed by atoms with Gasteiger partial charge in [0.05, 0.1) is 17.8 Å². The van der Waals surface area contributed by atoms with E-state index in [0.29, 0.717) is 25.0 Å². The number of fused-ring (bicyclic) bond motifs is 1. The van der Waals surface area contributed by atoms with Crippen molar-refractivity contribution in [2.24, 2.45) is 17.8 Å². The molecule has 0 unspecified atom stereocenters. The third-order valence-electron chi connectivity index (χ3n) is 11.0. The average Bonchev–Trinajstić information content (AvgIpc) is 3.34. The number of ketones is 1. The SMILES string of the molecule is CC[C@H]1OC(=O)/C(C)=C/[C@H](C)[C@@H](O[C@@H]2O[C@H](C)C[C@H](N(C)C)[C@H]2O)[C@](C)(OC)C[C@@H](C)C(=O)[C@H](C)[C@H]2N(NCc3ccccc3)C(=O)O[C@]12C. The zero-order valence-corrected chi connectivity index (χ0v) is 31.7. The Labute approximate surface area is 297 Å². The Morgan fingerprint density at radius 1 is 1.08 bits per heavy atom. The van der Waals surface area contributed by atoms with Gasteiger partial charge >= 0.3 is 12.1 Å². The predicted octanol–water partition coefficient (Wildman–Crippen LogP) is 4.64. The first-order chi connectivity index (χ1) is 23.5. The predicted molar refractivity (Wildman–Crippen MR) is 188 cm³/mol. The highest BCUT2D eigenvalue weighted by Gasteiger charge is 2.60. The summed E-state index contributed by atoms with van der Waals surface area (Å²) in [7, 11) is 5.39. The Balaban J connectivity index is 1.76. The van der Waals surface area contributed by atoms with Crippen LogP contribution in [0, 0.1) is 17.8 Å². The van der Waals surface area contributed by atoms with E-state index in [1.807, 2.05) is 83.9 Å². The number of ether oxygens (including phenoxy) is 5. The second kappa shape index (κ2) is 16.2. The second-order valence-electron chi connectivity index (χ2n) is 15.1. The van der Waals surface area contributed by atoms with Gasteiger partial charge in [0.2, 0.25) is 0 Å². The second-order valence-corrected chi connectivity index (χ2v) is 15.1. The molecular formula is C38H59N3O9. The summed E-state index contributed by atoms with van der Waals surface area (Å²) in [5, 5.41) is 12.8. The van der Waals surface area contributed by atoms with Crippen LogP contribution in [0.2, 0.25) is 0 Å². The maximum Gasteiger partial charge on any atom is 0.425 e. The molecule has 3 heterocycles. The highest BCUT2D eigenvalue weighted by atomic mass is 16.7. The van der Waals surface area contributed by atoms with Gasteiger partial charge < -0.3 is 33.7 Å². The number of aliphatic hydroxyl groups is 1. The number of hydrogen-bond donors (Lipinski definition) is 2. The molecule has 3 aliphatic rings. The molecule has 12 nitrogen and oxygen atoms in total. The summed E-state index contributed by atoms with van der Waals surface area (Å²) in [5.74, 6) is -2.41. The molecule has 0 spiro atoms. The fourth-order valence-corrected chi connectivity index (χ4v) is 8.21. The lowest BCUT2D eigenvalue weighted by atomic mass is 9.74. The van der Waals surface area contributed by atoms with Crippen molar-refractivity contribution in [3.8, 4) is 0 Å². The molecule has 1 amide bonds. The zero-order chi connectivity index (χ0) is 37.1. The first kappa shape index (κ1) is 39.9. The molecule has 1 aromatic carbocycles. The number of aliphatic hydroxyl groups excluding tert-OH is 1. The topological polar surface area (TPSA) is 136 Å². The van der Waals surface area contributed by atoms with Gasteiger partial charge in [-0.05, 0) is 66.6 Å². The number of hydrogen-bond acceptors (Lipinski definition) is 11. The Kier molecular flexibility index (Phi) is 12.9. The van der Waals surface area contributed by atoms with E-state index < -0.39 is 71.7 Å². The lowest BCUT2D eigenvalue weighted by molar-refractivity contribution is -0.294. The van der Waals surface area contributed by atoms with Crippen LogP contribution in [0.15, 0.2) is 42.0 Å². The number of esters is 1. The first-order valence-corrected chi connectivity index (χ1v) is 17.9. The molecule has 12 atom stereocenters. The lowest BCUT2D eigenvalue weighted by Crippen LogP contribution is -2.60. The number of likely N-dealkylation sites (N-methyl/N-ethyl adjacent to an activating group) is 1. The normalized spacial score (nSPS) is 40.1. The van der Waals surface area contributed by atoms with E-state index in [1.165, 1.54) is 5.01 Å². The molecule has 280 valence electrons. The van der Waals surface area contributed by atoms with Gasteiger partial charge in [-0.3, -0.25) is 4.79 Å². The van der Waals surface area contributed by atoms with Crippen LogP contribution in [0.1, 0.15) is 80.2 Å². The van der Waals surface area contributed by atoms with Crippen LogP contribution in [-0.4, -0.2) is 108 Å². The number of hydrazine groups is 1. The number of amides is 1. The largest absolute Gasteiger partial charge is 0.455 e. The van der Waals surface area contributed by atoms with Gasteiger partial charge in [0, 0.05) is 43.0 Å². The summed E-state index contributed by atoms with van der Waals surface area (Å²) in [4.78, 5) is 43.9. The van der Waals surface area contributed by atoms with E-state index in [4.69, 9.17) is 23.7 Å². The van der Waals surface area contributed by atoms with Crippen molar-refractivity contribution >= 4 is 17.8 Å². The molecular weight excluding hydrogens is 642 g/mol. The number of carbonyl (C=O) groups is 3. The number of nitrogens with zero attached hydrogens (tertiary/aromatic N) is 2. The zero-order valence-electron chi connectivity index (χ0n) is 31.7. The minimum absolute atomic E-state index is 0.110. The summed E-state index contributed by atoms with van der Waals surface area (Å²) in [6, 6.07) is 8.60. The minimum atomic E-state index is -1.35. The number of methoxy groups -OCH3 is 1. The van der Waals surface area contributed by atoms with Crippen molar-refractivity contribution in [1.29, 1.82) is 0 Å². The summed E-state index contributed by atoms with van der Waals surface area (Å²) < 4.78 is 31.3. The quantitative estimate of drug-likeness (QED) is 0.367. The number of nitrogens with one attached hydrogen (secondary N) is 1. The maximum absolute atomic E-state index is 14.5. The minimum Gasteiger partial charge on any atom is -0.455 e. The molecule has 4 rings (SSSR count). The van der Waals surface area contributed by atoms with E-state index in [-0.39, 0.29) is 24.3 Å². The lowest BCUT2D eigenvalue weighted by Gasteiger charge is -2.46. The number of carbonyl (C=O) groups excluding carboxylic acids is 3. The molecule has 50 heavy (non-hydrogen) atoms. The van der Waals surface area contributed by atoms with Gasteiger partial charge in [-0.25, -0.2) is 20.0 Å². The van der Waals surface area contributed by atoms with Crippen molar-refractivity contribution in [2.45, 2.75) is 135 Å². The number of rotatable bonds is 8. The van der Waals surface area contributed by atoms with Crippen molar-refractivity contribution < 1.29 is 43.2 Å². The average molecular weight is 702 g/mol. The van der Waals surface area contributed by atoms with Crippen molar-refractivity contribution in [3.05, 3.63) is 47.5 Å². The van der Waals surface area contributed by atoms with Crippen molar-refractivity contribution in [3.63, 3.8) is 0 Å². The highest BCUT2D eigenvalue weighted by molar-refractivity contribution is 5.88. The maximum atomic E-state index is 14.5. The van der Waals surface area contributed by atoms with Crippen LogP contribution >= 0.6 is 0 Å². The Hall–Kier alpha value is -2.87. The molecule has 12 heteroatoms. The van der Waals surface area contributed by atoms with Gasteiger partial charge in [-0.2, -0.15) is 0 Å². The molecule has 1 aromatic rings. The van der Waals surface area contributed by atoms with Gasteiger partial charge in [0.1, 0.15) is 24.0 Å². The van der Waals surface area contributed by atoms with E-state index in [2.05, 4.69) is 5.43 Å². The molecule has 0 aromatic heterocycles. The Morgan fingerprint density at radius 3 is 2.34 bits per heavy atom. The summed E-state index contributed by atoms with van der Waals surface area (Å²) >= 11 is 0. The van der Waals surface area contributed by atoms with Gasteiger partial charge in [0.15, 0.2) is 11.9 Å². The van der Waals surface area contributed by atoms with Crippen LogP contribution in [0.5, 0.6) is 0 Å². The smallest absolute Gasteiger partial charge is 0.425 e. The Bertz CT molecular complexity index is 1370. The molecule has 0 radical (unpaired) electrons. The number of benzene rings is 1. The third-order valence-corrected chi connectivity index (χ3v) is 11.0. The van der Waals surface area contributed by atoms with E-state index in [9.17, 15) is 19.5 Å². The molecule has 2 N–H and O–H groups in total. The van der Waals surface area contributed by atoms with E-state index >= 15 is 0 Å². The van der Waals surface area contributed by atoms with E-state index in [1.54, 1.807) is 34.0 Å². The van der Waals surface area contributed by atoms with Gasteiger partial charge in [-0.1, -0.05) is 64.1 Å². The van der Waals surface area contributed by atoms with Crippen LogP contribution in [-0.2, 0) is 39.8 Å². The van der Waals surface area contributed by atoms with Gasteiger partial charge in [-0.15, -0.1) is 0 Å². The molecule has 3 aliphatic heterocycles. The molecule has 2 saturated heterocycles. The molecule has 0 saturated carbocycles. The summed E-state index contributed by atoms with van der Waals surface area (Å²) in [6.07, 6.45) is -1.36. The number of cyclic esters (lactones) is 1. The van der Waals surface area contributed by atoms with Crippen LogP contribution in [0.3, 0.4) is 0 Å². The van der Waals surface area contributed by atoms with Gasteiger partial charge in [0.25, 0.3) is 0 Å². The fourth-order valence-electron chi connectivity index (χ4n) is 8.21. The van der Waals surface area contributed by atoms with Crippen molar-refractivity contribution in [2.75, 3.05) is 21.2 Å². The molecule has 0 aliphatic carbocycles. The fraction of sp³-hybridized carbons (Fsp3) is 0.711. The monoisotopic (exact) mass is 701 g/mol. The van der Waals surface area contributed by atoms with Crippen LogP contribution in [0.4, 0.5) is 4.79 Å². The highest BCUT2D eigenvalue weighted by Crippen LogP contribution is 2.42. The molecule has 0 bridgehead atoms. The molecule has 2 fully saturated rings. The van der Waals surface area contributed by atoms with Crippen LogP contribution in [0.25, 0.3) is 0 Å². The summed E-state index contributed by atoms with van der Waals surface area (Å²) in [5.41, 5.74) is 2.07.